The van der Waals surface area contributed by atoms with Crippen LogP contribution in [0.2, 0.25) is 0 Å². The maximum absolute atomic E-state index is 8.74. The zero-order valence-electron chi connectivity index (χ0n) is 10.4. The molecule has 11 heteroatoms. The van der Waals surface area contributed by atoms with Gasteiger partial charge in [0.05, 0.1) is 11.4 Å². The zero-order valence-corrected chi connectivity index (χ0v) is 15.1. The minimum Gasteiger partial charge on any atom is -0.750 e. The third kappa shape index (κ3) is 38.1. The van der Waals surface area contributed by atoms with Crippen LogP contribution in [0.1, 0.15) is 6.92 Å². The van der Waals surface area contributed by atoms with Crippen LogP contribution in [0.3, 0.4) is 0 Å². The molecule has 0 saturated heterocycles. The molecule has 0 aliphatic heterocycles. The van der Waals surface area contributed by atoms with Crippen LogP contribution in [0.4, 0.5) is 5.69 Å². The van der Waals surface area contributed by atoms with E-state index in [1.807, 2.05) is 18.2 Å². The van der Waals surface area contributed by atoms with Gasteiger partial charge in [-0.05, 0) is 19.1 Å². The van der Waals surface area contributed by atoms with Gasteiger partial charge in [0, 0.05) is 12.2 Å². The molecule has 0 aliphatic rings. The van der Waals surface area contributed by atoms with Crippen molar-refractivity contribution < 1.29 is 82.2 Å². The second kappa shape index (κ2) is 15.0. The standard InChI is InChI=1S/C8H11N.K.H2O4S.H2O3S/c1-2-9-8-6-4-3-5-7-8;;1-5(2,3)4;1-4(2)3/h3-7,9H,2H2,1H3;;(H2,1,2,3,4);(H2,1,2,3)/q;+1;;/p-1. The van der Waals surface area contributed by atoms with E-state index in [2.05, 4.69) is 24.4 Å². The van der Waals surface area contributed by atoms with Crippen LogP contribution >= 0.6 is 0 Å². The van der Waals surface area contributed by atoms with Crippen LogP contribution in [0.25, 0.3) is 0 Å². The van der Waals surface area contributed by atoms with E-state index in [1.165, 1.54) is 5.69 Å². The Morgan fingerprint density at radius 1 is 1.26 bits per heavy atom. The Labute approximate surface area is 157 Å². The number of rotatable bonds is 2. The summed E-state index contributed by atoms with van der Waals surface area (Å²) in [5, 5.41) is 3.21. The van der Waals surface area contributed by atoms with Crippen molar-refractivity contribution in [2.24, 2.45) is 0 Å². The van der Waals surface area contributed by atoms with Gasteiger partial charge in [-0.3, -0.25) is 9.11 Å². The summed E-state index contributed by atoms with van der Waals surface area (Å²) in [7, 11) is -4.67. The molecule has 0 aromatic heterocycles. The van der Waals surface area contributed by atoms with Crippen LogP contribution in [0, 0.1) is 0 Å². The molecule has 1 unspecified atom stereocenters. The fourth-order valence-corrected chi connectivity index (χ4v) is 0.760. The summed E-state index contributed by atoms with van der Waals surface area (Å²) in [6, 6.07) is 10.2. The molecule has 0 saturated carbocycles. The third-order valence-electron chi connectivity index (χ3n) is 1.15. The van der Waals surface area contributed by atoms with E-state index in [4.69, 9.17) is 30.8 Å². The van der Waals surface area contributed by atoms with Gasteiger partial charge in [-0.25, -0.2) is 4.21 Å². The monoisotopic (exact) mass is 339 g/mol. The van der Waals surface area contributed by atoms with E-state index in [-0.39, 0.29) is 51.4 Å². The fourth-order valence-electron chi connectivity index (χ4n) is 0.760. The average molecular weight is 339 g/mol. The topological polar surface area (TPSA) is 147 Å². The first-order chi connectivity index (χ1) is 8.16. The van der Waals surface area contributed by atoms with Crippen molar-refractivity contribution in [2.45, 2.75) is 6.92 Å². The van der Waals surface area contributed by atoms with Gasteiger partial charge in [0.2, 0.25) is 0 Å². The first-order valence-corrected chi connectivity index (χ1v) is 6.86. The Kier molecular flexibility index (Phi) is 19.4. The first kappa shape index (κ1) is 24.6. The van der Waals surface area contributed by atoms with Crippen molar-refractivity contribution in [3.63, 3.8) is 0 Å². The summed E-state index contributed by atoms with van der Waals surface area (Å²) >= 11 is -2.86. The SMILES string of the molecule is CCNc1ccccc1.O=S(=O)(O)O.O=S([O-])O.[K+]. The molecule has 106 valence electrons. The van der Waals surface area contributed by atoms with E-state index in [1.54, 1.807) is 0 Å². The molecular formula is C8H14KNO7S2. The summed E-state index contributed by atoms with van der Waals surface area (Å²) in [6.07, 6.45) is 0. The van der Waals surface area contributed by atoms with Crippen LogP contribution in [-0.2, 0) is 21.8 Å². The van der Waals surface area contributed by atoms with Gasteiger partial charge >= 0.3 is 61.8 Å². The molecule has 1 atom stereocenters. The van der Waals surface area contributed by atoms with Crippen LogP contribution in [0.5, 0.6) is 0 Å². The first-order valence-electron chi connectivity index (χ1n) is 4.44. The Hall–Kier alpha value is 0.596. The Morgan fingerprint density at radius 2 is 1.58 bits per heavy atom. The van der Waals surface area contributed by atoms with E-state index >= 15 is 0 Å². The summed E-state index contributed by atoms with van der Waals surface area (Å²) in [6.45, 7) is 3.08. The largest absolute Gasteiger partial charge is 1.00 e. The maximum Gasteiger partial charge on any atom is 1.00 e. The van der Waals surface area contributed by atoms with Crippen LogP contribution in [-0.4, -0.2) is 37.4 Å². The molecule has 0 radical (unpaired) electrons. The molecule has 0 bridgehead atoms. The van der Waals surface area contributed by atoms with Crippen molar-refractivity contribution in [1.82, 2.24) is 0 Å². The van der Waals surface area contributed by atoms with E-state index in [9.17, 15) is 0 Å². The smallest absolute Gasteiger partial charge is 0.750 e. The summed E-state index contributed by atoms with van der Waals surface area (Å²) in [4.78, 5) is 0. The molecule has 1 aromatic rings. The third-order valence-corrected chi connectivity index (χ3v) is 1.15. The number of benzene rings is 1. The molecule has 0 heterocycles. The van der Waals surface area contributed by atoms with Crippen molar-refractivity contribution in [2.75, 3.05) is 11.9 Å². The van der Waals surface area contributed by atoms with Gasteiger partial charge in [-0.1, -0.05) is 18.2 Å². The number of nitrogens with one attached hydrogen (secondary N) is 1. The van der Waals surface area contributed by atoms with Crippen molar-refractivity contribution in [3.05, 3.63) is 30.3 Å². The van der Waals surface area contributed by atoms with Gasteiger partial charge in [0.1, 0.15) is 0 Å². The Balaban J connectivity index is -0.000000222. The van der Waals surface area contributed by atoms with Crippen molar-refractivity contribution in [3.8, 4) is 0 Å². The maximum atomic E-state index is 8.74. The predicted molar refractivity (Wildman–Crippen MR) is 66.3 cm³/mol. The molecule has 19 heavy (non-hydrogen) atoms. The summed E-state index contributed by atoms with van der Waals surface area (Å²) in [5.74, 6) is 0. The minimum absolute atomic E-state index is 0. The van der Waals surface area contributed by atoms with Crippen molar-refractivity contribution in [1.29, 1.82) is 0 Å². The van der Waals surface area contributed by atoms with E-state index in [0.717, 1.165) is 6.54 Å². The fraction of sp³-hybridized carbons (Fsp3) is 0.250. The van der Waals surface area contributed by atoms with E-state index in [0.29, 0.717) is 0 Å². The van der Waals surface area contributed by atoms with Crippen LogP contribution < -0.4 is 56.7 Å². The molecule has 1 aromatic carbocycles. The Morgan fingerprint density at radius 3 is 1.84 bits per heavy atom. The van der Waals surface area contributed by atoms with Gasteiger partial charge in [0.15, 0.2) is 0 Å². The minimum atomic E-state index is -4.67. The summed E-state index contributed by atoms with van der Waals surface area (Å²) < 4.78 is 55.7. The number of hydrogen-bond acceptors (Lipinski definition) is 5. The second-order valence-electron chi connectivity index (χ2n) is 2.56. The molecular weight excluding hydrogens is 325 g/mol. The van der Waals surface area contributed by atoms with E-state index < -0.39 is 21.8 Å². The number of hydrogen-bond donors (Lipinski definition) is 4. The van der Waals surface area contributed by atoms with Gasteiger partial charge in [-0.15, -0.1) is 0 Å². The van der Waals surface area contributed by atoms with Gasteiger partial charge in [0.25, 0.3) is 0 Å². The zero-order chi connectivity index (χ0) is 14.6. The molecule has 0 aliphatic carbocycles. The van der Waals surface area contributed by atoms with Crippen LogP contribution in [0.15, 0.2) is 30.3 Å². The molecule has 1 rings (SSSR count). The second-order valence-corrected chi connectivity index (χ2v) is 3.89. The molecule has 4 N–H and O–H groups in total. The molecule has 8 nitrogen and oxygen atoms in total. The quantitative estimate of drug-likeness (QED) is 0.270. The molecule has 0 spiro atoms. The molecule has 0 fully saturated rings. The Bertz CT molecular complexity index is 414. The predicted octanol–water partition coefficient (Wildman–Crippen LogP) is -2.19. The number of anilines is 1. The van der Waals surface area contributed by atoms with Gasteiger partial charge < -0.3 is 14.4 Å². The van der Waals surface area contributed by atoms with Gasteiger partial charge in [-0.2, -0.15) is 8.42 Å². The van der Waals surface area contributed by atoms with Crippen molar-refractivity contribution >= 4 is 27.4 Å². The summed E-state index contributed by atoms with van der Waals surface area (Å²) in [5.41, 5.74) is 1.19. The molecule has 0 amide bonds. The average Bonchev–Trinajstić information content (AvgIpc) is 2.16. The normalized spacial score (nSPS) is 10.6. The number of para-hydroxylation sites is 1.